The van der Waals surface area contributed by atoms with Crippen LogP contribution in [-0.4, -0.2) is 9.97 Å². The van der Waals surface area contributed by atoms with Crippen molar-refractivity contribution in [2.24, 2.45) is 5.73 Å². The van der Waals surface area contributed by atoms with Crippen LogP contribution in [0.15, 0.2) is 29.9 Å². The van der Waals surface area contributed by atoms with Gasteiger partial charge in [0.15, 0.2) is 0 Å². The Labute approximate surface area is 121 Å². The van der Waals surface area contributed by atoms with Gasteiger partial charge in [0.1, 0.15) is 16.8 Å². The predicted octanol–water partition coefficient (Wildman–Crippen LogP) is 3.56. The van der Waals surface area contributed by atoms with Crippen LogP contribution in [0.3, 0.4) is 0 Å². The standard InChI is InChI=1S/C15H15N3OS/c1-9-5-11(7-16)6-10(2)13(9)19-15-14-12(3-4-20-14)17-8-18-15/h3-6,8H,7,16H2,1-2H3. The van der Waals surface area contributed by atoms with Crippen molar-refractivity contribution >= 4 is 21.6 Å². The summed E-state index contributed by atoms with van der Waals surface area (Å²) in [5.74, 6) is 1.45. The molecule has 2 N–H and O–H groups in total. The van der Waals surface area contributed by atoms with E-state index in [1.807, 2.05) is 25.3 Å². The zero-order chi connectivity index (χ0) is 14.1. The molecule has 0 atom stereocenters. The number of nitrogens with two attached hydrogens (primary N) is 1. The van der Waals surface area contributed by atoms with Crippen LogP contribution in [0, 0.1) is 13.8 Å². The summed E-state index contributed by atoms with van der Waals surface area (Å²) < 4.78 is 7.00. The van der Waals surface area contributed by atoms with Crippen LogP contribution in [0.25, 0.3) is 10.2 Å². The zero-order valence-electron chi connectivity index (χ0n) is 11.4. The minimum Gasteiger partial charge on any atom is -0.437 e. The molecule has 2 heterocycles. The van der Waals surface area contributed by atoms with E-state index in [9.17, 15) is 0 Å². The Kier molecular flexibility index (Phi) is 3.38. The molecule has 3 rings (SSSR count). The van der Waals surface area contributed by atoms with Crippen molar-refractivity contribution in [2.75, 3.05) is 0 Å². The SMILES string of the molecule is Cc1cc(CN)cc(C)c1Oc1ncnc2ccsc12. The minimum absolute atomic E-state index is 0.532. The van der Waals surface area contributed by atoms with Crippen molar-refractivity contribution in [1.82, 2.24) is 9.97 Å². The highest BCUT2D eigenvalue weighted by atomic mass is 32.1. The fourth-order valence-corrected chi connectivity index (χ4v) is 3.02. The Bertz CT molecular complexity index is 744. The lowest BCUT2D eigenvalue weighted by atomic mass is 10.1. The van der Waals surface area contributed by atoms with E-state index in [1.54, 1.807) is 11.3 Å². The average molecular weight is 285 g/mol. The molecular weight excluding hydrogens is 270 g/mol. The van der Waals surface area contributed by atoms with Crippen LogP contribution in [0.2, 0.25) is 0 Å². The van der Waals surface area contributed by atoms with E-state index in [-0.39, 0.29) is 0 Å². The van der Waals surface area contributed by atoms with E-state index in [0.29, 0.717) is 12.4 Å². The number of aryl methyl sites for hydroxylation is 2. The molecule has 0 saturated carbocycles. The Balaban J connectivity index is 2.05. The van der Waals surface area contributed by atoms with Crippen LogP contribution in [0.1, 0.15) is 16.7 Å². The average Bonchev–Trinajstić information content (AvgIpc) is 2.91. The van der Waals surface area contributed by atoms with Gasteiger partial charge < -0.3 is 10.5 Å². The third kappa shape index (κ3) is 2.26. The molecule has 0 bridgehead atoms. The van der Waals surface area contributed by atoms with Crippen LogP contribution in [0.4, 0.5) is 0 Å². The molecule has 0 radical (unpaired) electrons. The predicted molar refractivity (Wildman–Crippen MR) is 81.3 cm³/mol. The van der Waals surface area contributed by atoms with Gasteiger partial charge in [-0.05, 0) is 42.0 Å². The van der Waals surface area contributed by atoms with E-state index >= 15 is 0 Å². The zero-order valence-corrected chi connectivity index (χ0v) is 12.2. The number of benzene rings is 1. The smallest absolute Gasteiger partial charge is 0.240 e. The number of nitrogens with zero attached hydrogens (tertiary/aromatic N) is 2. The molecule has 20 heavy (non-hydrogen) atoms. The van der Waals surface area contributed by atoms with Crippen LogP contribution in [-0.2, 0) is 6.54 Å². The molecule has 0 amide bonds. The summed E-state index contributed by atoms with van der Waals surface area (Å²) >= 11 is 1.58. The molecular formula is C15H15N3OS. The molecule has 1 aromatic carbocycles. The summed E-state index contributed by atoms with van der Waals surface area (Å²) in [5.41, 5.74) is 9.84. The number of ether oxygens (including phenoxy) is 1. The van der Waals surface area contributed by atoms with E-state index in [4.69, 9.17) is 10.5 Å². The maximum absolute atomic E-state index is 6.03. The quantitative estimate of drug-likeness (QED) is 0.799. The maximum Gasteiger partial charge on any atom is 0.240 e. The number of aromatic nitrogens is 2. The fourth-order valence-electron chi connectivity index (χ4n) is 2.25. The number of thiophene rings is 1. The first-order valence-electron chi connectivity index (χ1n) is 6.35. The molecule has 4 nitrogen and oxygen atoms in total. The van der Waals surface area contributed by atoms with Gasteiger partial charge in [-0.2, -0.15) is 0 Å². The molecule has 0 aliphatic carbocycles. The van der Waals surface area contributed by atoms with Crippen LogP contribution < -0.4 is 10.5 Å². The first-order chi connectivity index (χ1) is 9.69. The molecule has 0 fully saturated rings. The van der Waals surface area contributed by atoms with Gasteiger partial charge in [0.25, 0.3) is 0 Å². The van der Waals surface area contributed by atoms with E-state index in [2.05, 4.69) is 22.1 Å². The summed E-state index contributed by atoms with van der Waals surface area (Å²) in [6.45, 7) is 4.58. The molecule has 0 spiro atoms. The lowest BCUT2D eigenvalue weighted by Crippen LogP contribution is -2.00. The summed E-state index contributed by atoms with van der Waals surface area (Å²) in [5, 5.41) is 1.99. The highest BCUT2D eigenvalue weighted by Gasteiger charge is 2.11. The minimum atomic E-state index is 0.532. The van der Waals surface area contributed by atoms with Gasteiger partial charge in [0.2, 0.25) is 5.88 Å². The largest absolute Gasteiger partial charge is 0.437 e. The van der Waals surface area contributed by atoms with Gasteiger partial charge in [-0.3, -0.25) is 0 Å². The molecule has 3 aromatic rings. The van der Waals surface area contributed by atoms with Gasteiger partial charge in [-0.15, -0.1) is 11.3 Å². The number of fused-ring (bicyclic) bond motifs is 1. The highest BCUT2D eigenvalue weighted by molar-refractivity contribution is 7.17. The normalized spacial score (nSPS) is 10.9. The number of hydrogen-bond donors (Lipinski definition) is 1. The Morgan fingerprint density at radius 2 is 1.95 bits per heavy atom. The van der Waals surface area contributed by atoms with Crippen molar-refractivity contribution in [1.29, 1.82) is 0 Å². The second-order valence-corrected chi connectivity index (χ2v) is 5.59. The lowest BCUT2D eigenvalue weighted by Gasteiger charge is -2.13. The highest BCUT2D eigenvalue weighted by Crippen LogP contribution is 2.34. The summed E-state index contributed by atoms with van der Waals surface area (Å²) in [6, 6.07) is 6.07. The molecule has 2 aromatic heterocycles. The maximum atomic E-state index is 6.03. The molecule has 0 aliphatic heterocycles. The van der Waals surface area contributed by atoms with E-state index < -0.39 is 0 Å². The van der Waals surface area contributed by atoms with Crippen molar-refractivity contribution in [2.45, 2.75) is 20.4 Å². The monoisotopic (exact) mass is 285 g/mol. The summed E-state index contributed by atoms with van der Waals surface area (Å²) in [6.07, 6.45) is 1.53. The topological polar surface area (TPSA) is 61.0 Å². The second kappa shape index (κ2) is 5.19. The first kappa shape index (κ1) is 13.0. The molecule has 5 heteroatoms. The van der Waals surface area contributed by atoms with E-state index in [0.717, 1.165) is 32.7 Å². The van der Waals surface area contributed by atoms with Crippen molar-refractivity contribution in [3.05, 3.63) is 46.6 Å². The molecule has 0 saturated heterocycles. The van der Waals surface area contributed by atoms with Crippen molar-refractivity contribution in [3.8, 4) is 11.6 Å². The third-order valence-electron chi connectivity index (χ3n) is 3.17. The van der Waals surface area contributed by atoms with Gasteiger partial charge >= 0.3 is 0 Å². The molecule has 0 unspecified atom stereocenters. The Morgan fingerprint density at radius 3 is 2.65 bits per heavy atom. The first-order valence-corrected chi connectivity index (χ1v) is 7.23. The third-order valence-corrected chi connectivity index (χ3v) is 4.06. The van der Waals surface area contributed by atoms with Crippen molar-refractivity contribution < 1.29 is 4.74 Å². The fraction of sp³-hybridized carbons (Fsp3) is 0.200. The lowest BCUT2D eigenvalue weighted by molar-refractivity contribution is 0.461. The van der Waals surface area contributed by atoms with Gasteiger partial charge in [0.05, 0.1) is 5.52 Å². The van der Waals surface area contributed by atoms with Gasteiger partial charge in [0, 0.05) is 6.54 Å². The molecule has 0 aliphatic rings. The van der Waals surface area contributed by atoms with Gasteiger partial charge in [-0.25, -0.2) is 9.97 Å². The number of hydrogen-bond acceptors (Lipinski definition) is 5. The summed E-state index contributed by atoms with van der Waals surface area (Å²) in [7, 11) is 0. The second-order valence-electron chi connectivity index (χ2n) is 4.68. The van der Waals surface area contributed by atoms with Crippen LogP contribution in [0.5, 0.6) is 11.6 Å². The molecule has 102 valence electrons. The van der Waals surface area contributed by atoms with Crippen LogP contribution >= 0.6 is 11.3 Å². The Hall–Kier alpha value is -1.98. The Morgan fingerprint density at radius 1 is 1.20 bits per heavy atom. The van der Waals surface area contributed by atoms with Crippen molar-refractivity contribution in [3.63, 3.8) is 0 Å². The summed E-state index contributed by atoms with van der Waals surface area (Å²) in [4.78, 5) is 8.47. The van der Waals surface area contributed by atoms with Gasteiger partial charge in [-0.1, -0.05) is 12.1 Å². The van der Waals surface area contributed by atoms with E-state index in [1.165, 1.54) is 6.33 Å². The number of rotatable bonds is 3.